The maximum absolute atomic E-state index is 5.62. The van der Waals surface area contributed by atoms with Gasteiger partial charge in [-0.15, -0.1) is 0 Å². The van der Waals surface area contributed by atoms with Gasteiger partial charge < -0.3 is 15.5 Å². The first kappa shape index (κ1) is 9.44. The molecule has 1 saturated carbocycles. The molecule has 1 aliphatic carbocycles. The van der Waals surface area contributed by atoms with E-state index >= 15 is 0 Å². The number of nitrogens with zero attached hydrogens (tertiary/aromatic N) is 2. The average molecular weight is 183 g/mol. The minimum absolute atomic E-state index is 0.847. The standard InChI is InChI=1S/C10H21N3/c1-12-2-4-13(5-3-12)8-10-6-9(10)7-11/h9-10H,2-8,11H2,1H3. The Hall–Kier alpha value is -0.120. The highest BCUT2D eigenvalue weighted by atomic mass is 15.2. The average Bonchev–Trinajstić information content (AvgIpc) is 2.88. The second kappa shape index (κ2) is 3.95. The van der Waals surface area contributed by atoms with Crippen LogP contribution in [0, 0.1) is 11.8 Å². The summed E-state index contributed by atoms with van der Waals surface area (Å²) in [4.78, 5) is 5.00. The molecule has 1 saturated heterocycles. The summed E-state index contributed by atoms with van der Waals surface area (Å²) in [5.41, 5.74) is 5.62. The van der Waals surface area contributed by atoms with E-state index in [4.69, 9.17) is 5.73 Å². The Morgan fingerprint density at radius 1 is 1.15 bits per heavy atom. The zero-order valence-electron chi connectivity index (χ0n) is 8.58. The van der Waals surface area contributed by atoms with Crippen LogP contribution < -0.4 is 5.73 Å². The molecule has 13 heavy (non-hydrogen) atoms. The molecule has 2 atom stereocenters. The van der Waals surface area contributed by atoms with Crippen molar-refractivity contribution in [3.8, 4) is 0 Å². The van der Waals surface area contributed by atoms with Gasteiger partial charge in [-0.1, -0.05) is 0 Å². The first-order valence-electron chi connectivity index (χ1n) is 5.40. The smallest absolute Gasteiger partial charge is 0.0110 e. The van der Waals surface area contributed by atoms with Gasteiger partial charge >= 0.3 is 0 Å². The van der Waals surface area contributed by atoms with Gasteiger partial charge in [-0.25, -0.2) is 0 Å². The zero-order chi connectivity index (χ0) is 9.26. The van der Waals surface area contributed by atoms with Crippen LogP contribution in [0.1, 0.15) is 6.42 Å². The molecule has 0 aromatic heterocycles. The Morgan fingerprint density at radius 3 is 2.38 bits per heavy atom. The van der Waals surface area contributed by atoms with Crippen molar-refractivity contribution >= 4 is 0 Å². The number of likely N-dealkylation sites (N-methyl/N-ethyl adjacent to an activating group) is 1. The third kappa shape index (κ3) is 2.42. The van der Waals surface area contributed by atoms with Crippen LogP contribution in [0.4, 0.5) is 0 Å². The highest BCUT2D eigenvalue weighted by molar-refractivity contribution is 4.89. The summed E-state index contributed by atoms with van der Waals surface area (Å²) in [7, 11) is 2.21. The number of hydrogen-bond acceptors (Lipinski definition) is 3. The summed E-state index contributed by atoms with van der Waals surface area (Å²) in [6, 6.07) is 0. The van der Waals surface area contributed by atoms with Crippen LogP contribution in [0.25, 0.3) is 0 Å². The molecule has 3 heteroatoms. The molecule has 2 unspecified atom stereocenters. The number of hydrogen-bond donors (Lipinski definition) is 1. The van der Waals surface area contributed by atoms with E-state index in [0.29, 0.717) is 0 Å². The molecule has 1 aliphatic heterocycles. The van der Waals surface area contributed by atoms with Gasteiger partial charge in [0.2, 0.25) is 0 Å². The minimum Gasteiger partial charge on any atom is -0.330 e. The summed E-state index contributed by atoms with van der Waals surface area (Å²) in [6.07, 6.45) is 1.38. The van der Waals surface area contributed by atoms with E-state index in [0.717, 1.165) is 18.4 Å². The predicted molar refractivity (Wildman–Crippen MR) is 54.6 cm³/mol. The van der Waals surface area contributed by atoms with Crippen molar-refractivity contribution in [2.45, 2.75) is 6.42 Å². The Bertz CT molecular complexity index is 164. The van der Waals surface area contributed by atoms with Crippen LogP contribution in [-0.4, -0.2) is 56.1 Å². The van der Waals surface area contributed by atoms with Crippen LogP contribution in [-0.2, 0) is 0 Å². The molecule has 2 fully saturated rings. The normalized spacial score (nSPS) is 36.5. The Morgan fingerprint density at radius 2 is 1.85 bits per heavy atom. The first-order chi connectivity index (χ1) is 6.29. The lowest BCUT2D eigenvalue weighted by Gasteiger charge is -2.32. The minimum atomic E-state index is 0.847. The van der Waals surface area contributed by atoms with Crippen molar-refractivity contribution in [1.82, 2.24) is 9.80 Å². The van der Waals surface area contributed by atoms with Gasteiger partial charge in [-0.05, 0) is 31.8 Å². The fourth-order valence-corrected chi connectivity index (χ4v) is 2.18. The Kier molecular flexibility index (Phi) is 2.86. The van der Waals surface area contributed by atoms with Gasteiger partial charge in [0.1, 0.15) is 0 Å². The van der Waals surface area contributed by atoms with Crippen molar-refractivity contribution in [1.29, 1.82) is 0 Å². The Balaban J connectivity index is 1.66. The van der Waals surface area contributed by atoms with E-state index in [1.807, 2.05) is 0 Å². The molecular formula is C10H21N3. The van der Waals surface area contributed by atoms with E-state index < -0.39 is 0 Å². The van der Waals surface area contributed by atoms with E-state index in [-0.39, 0.29) is 0 Å². The van der Waals surface area contributed by atoms with Crippen LogP contribution >= 0.6 is 0 Å². The molecule has 0 bridgehead atoms. The largest absolute Gasteiger partial charge is 0.330 e. The van der Waals surface area contributed by atoms with Gasteiger partial charge in [0, 0.05) is 32.7 Å². The molecule has 2 rings (SSSR count). The maximum atomic E-state index is 5.62. The number of piperazine rings is 1. The van der Waals surface area contributed by atoms with Gasteiger partial charge in [-0.2, -0.15) is 0 Å². The molecule has 2 aliphatic rings. The van der Waals surface area contributed by atoms with Crippen molar-refractivity contribution in [3.63, 3.8) is 0 Å². The van der Waals surface area contributed by atoms with E-state index in [1.54, 1.807) is 0 Å². The molecule has 1 heterocycles. The van der Waals surface area contributed by atoms with Crippen LogP contribution in [0.5, 0.6) is 0 Å². The maximum Gasteiger partial charge on any atom is 0.0110 e. The zero-order valence-corrected chi connectivity index (χ0v) is 8.58. The lowest BCUT2D eigenvalue weighted by Crippen LogP contribution is -2.45. The highest BCUT2D eigenvalue weighted by Gasteiger charge is 2.36. The number of rotatable bonds is 3. The van der Waals surface area contributed by atoms with Gasteiger partial charge in [-0.3, -0.25) is 0 Å². The lowest BCUT2D eigenvalue weighted by molar-refractivity contribution is 0.147. The second-order valence-electron chi connectivity index (χ2n) is 4.60. The summed E-state index contributed by atoms with van der Waals surface area (Å²) in [5, 5.41) is 0. The molecule has 0 amide bonds. The SMILES string of the molecule is CN1CCN(CC2CC2CN)CC1. The van der Waals surface area contributed by atoms with Crippen molar-refractivity contribution in [2.75, 3.05) is 46.3 Å². The molecule has 0 spiro atoms. The van der Waals surface area contributed by atoms with Gasteiger partial charge in [0.05, 0.1) is 0 Å². The van der Waals surface area contributed by atoms with Crippen molar-refractivity contribution in [2.24, 2.45) is 17.6 Å². The predicted octanol–water partition coefficient (Wildman–Crippen LogP) is -0.171. The van der Waals surface area contributed by atoms with Gasteiger partial charge in [0.25, 0.3) is 0 Å². The summed E-state index contributed by atoms with van der Waals surface area (Å²) in [6.45, 7) is 7.18. The molecule has 0 aromatic rings. The van der Waals surface area contributed by atoms with Crippen LogP contribution in [0.15, 0.2) is 0 Å². The third-order valence-electron chi connectivity index (χ3n) is 3.46. The third-order valence-corrected chi connectivity index (χ3v) is 3.46. The molecule has 76 valence electrons. The molecule has 2 N–H and O–H groups in total. The van der Waals surface area contributed by atoms with E-state index in [9.17, 15) is 0 Å². The Labute approximate surface area is 80.9 Å². The fraction of sp³-hybridized carbons (Fsp3) is 1.00. The van der Waals surface area contributed by atoms with Crippen molar-refractivity contribution < 1.29 is 0 Å². The number of nitrogens with two attached hydrogens (primary N) is 1. The van der Waals surface area contributed by atoms with Crippen molar-refractivity contribution in [3.05, 3.63) is 0 Å². The summed E-state index contributed by atoms with van der Waals surface area (Å²) in [5.74, 6) is 1.77. The van der Waals surface area contributed by atoms with E-state index in [2.05, 4.69) is 16.8 Å². The van der Waals surface area contributed by atoms with Gasteiger partial charge in [0.15, 0.2) is 0 Å². The van der Waals surface area contributed by atoms with E-state index in [1.165, 1.54) is 39.1 Å². The molecular weight excluding hydrogens is 162 g/mol. The molecule has 0 radical (unpaired) electrons. The summed E-state index contributed by atoms with van der Waals surface area (Å²) >= 11 is 0. The first-order valence-corrected chi connectivity index (χ1v) is 5.40. The topological polar surface area (TPSA) is 32.5 Å². The highest BCUT2D eigenvalue weighted by Crippen LogP contribution is 2.37. The monoisotopic (exact) mass is 183 g/mol. The molecule has 0 aromatic carbocycles. The van der Waals surface area contributed by atoms with Crippen LogP contribution in [0.2, 0.25) is 0 Å². The summed E-state index contributed by atoms with van der Waals surface area (Å²) < 4.78 is 0. The van der Waals surface area contributed by atoms with Crippen LogP contribution in [0.3, 0.4) is 0 Å². The fourth-order valence-electron chi connectivity index (χ4n) is 2.18. The lowest BCUT2D eigenvalue weighted by atomic mass is 10.2. The quantitative estimate of drug-likeness (QED) is 0.659. The molecule has 3 nitrogen and oxygen atoms in total. The second-order valence-corrected chi connectivity index (χ2v) is 4.60.